The van der Waals surface area contributed by atoms with Gasteiger partial charge in [0, 0.05) is 5.41 Å². The molecule has 140 valence electrons. The summed E-state index contributed by atoms with van der Waals surface area (Å²) in [6, 6.07) is 0.892. The predicted octanol–water partition coefficient (Wildman–Crippen LogP) is 5.93. The fourth-order valence-corrected chi connectivity index (χ4v) is 6.16. The van der Waals surface area contributed by atoms with E-state index in [-0.39, 0.29) is 11.5 Å². The van der Waals surface area contributed by atoms with E-state index in [0.29, 0.717) is 0 Å². The Labute approximate surface area is 155 Å². The van der Waals surface area contributed by atoms with E-state index in [0.717, 1.165) is 37.3 Å². The van der Waals surface area contributed by atoms with Gasteiger partial charge >= 0.3 is 0 Å². The van der Waals surface area contributed by atoms with Crippen molar-refractivity contribution in [2.45, 2.75) is 84.2 Å². The van der Waals surface area contributed by atoms with Gasteiger partial charge in [-0.2, -0.15) is 0 Å². The molecule has 0 saturated heterocycles. The monoisotopic (exact) mass is 360 g/mol. The van der Waals surface area contributed by atoms with Crippen molar-refractivity contribution in [3.8, 4) is 0 Å². The summed E-state index contributed by atoms with van der Waals surface area (Å²) < 4.78 is 6.65. The molecule has 2 aliphatic carbocycles. The Balaban J connectivity index is 2.32. The van der Waals surface area contributed by atoms with Crippen LogP contribution >= 0.6 is 0 Å². The molecular weight excluding hydrogens is 324 g/mol. The normalized spacial score (nSPS) is 27.6. The third kappa shape index (κ3) is 3.79. The minimum Gasteiger partial charge on any atom is -0.407 e. The van der Waals surface area contributed by atoms with Gasteiger partial charge in [-0.05, 0) is 83.7 Å². The van der Waals surface area contributed by atoms with Crippen LogP contribution in [0, 0.1) is 5.41 Å². The number of aliphatic hydroxyl groups is 1. The Morgan fingerprint density at radius 2 is 1.96 bits per heavy atom. The Morgan fingerprint density at radius 3 is 2.44 bits per heavy atom. The number of hydrogen-bond acceptors (Lipinski definition) is 2. The number of hydrogen-bond donors (Lipinski definition) is 1. The molecule has 3 heteroatoms. The van der Waals surface area contributed by atoms with Crippen molar-refractivity contribution >= 4 is 8.32 Å². The third-order valence-electron chi connectivity index (χ3n) is 6.07. The molecule has 0 bridgehead atoms. The smallest absolute Gasteiger partial charge is 0.191 e. The van der Waals surface area contributed by atoms with Gasteiger partial charge in [-0.25, -0.2) is 0 Å². The standard InChI is InChI=1S/C22H36O2Si/c1-9-15-25(7,8)24-20-19(17(4)12-10-11-16(2)3)18(5)22(13-14-22)21(20,6)23/h9,11,20,23H,1,4,10,12-15H2,2-3,5-8H3/t20-,21-/m0/s1. The lowest BCUT2D eigenvalue weighted by Crippen LogP contribution is -2.49. The highest BCUT2D eigenvalue weighted by molar-refractivity contribution is 6.71. The first-order chi connectivity index (χ1) is 11.5. The Hall–Kier alpha value is -0.903. The van der Waals surface area contributed by atoms with Crippen molar-refractivity contribution in [1.82, 2.24) is 0 Å². The first-order valence-electron chi connectivity index (χ1n) is 9.52. The molecule has 0 amide bonds. The zero-order valence-electron chi connectivity index (χ0n) is 17.0. The van der Waals surface area contributed by atoms with Gasteiger partial charge in [0.05, 0.1) is 6.10 Å². The van der Waals surface area contributed by atoms with Gasteiger partial charge in [-0.1, -0.05) is 29.9 Å². The van der Waals surface area contributed by atoms with Gasteiger partial charge in [-0.3, -0.25) is 0 Å². The fourth-order valence-electron chi connectivity index (χ4n) is 4.38. The van der Waals surface area contributed by atoms with E-state index in [1.54, 1.807) is 0 Å². The minimum absolute atomic E-state index is 0.0922. The largest absolute Gasteiger partial charge is 0.407 e. The Morgan fingerprint density at radius 1 is 1.36 bits per heavy atom. The van der Waals surface area contributed by atoms with Crippen LogP contribution < -0.4 is 0 Å². The van der Waals surface area contributed by atoms with Crippen molar-refractivity contribution in [2.24, 2.45) is 5.41 Å². The van der Waals surface area contributed by atoms with Gasteiger partial charge in [0.2, 0.25) is 0 Å². The summed E-state index contributed by atoms with van der Waals surface area (Å²) in [5.74, 6) is 0. The second-order valence-electron chi connectivity index (χ2n) is 8.94. The summed E-state index contributed by atoms with van der Waals surface area (Å²) >= 11 is 0. The van der Waals surface area contributed by atoms with E-state index >= 15 is 0 Å². The lowest BCUT2D eigenvalue weighted by atomic mass is 9.84. The van der Waals surface area contributed by atoms with E-state index in [1.807, 2.05) is 13.0 Å². The average molecular weight is 361 g/mol. The molecule has 25 heavy (non-hydrogen) atoms. The van der Waals surface area contributed by atoms with E-state index in [2.05, 4.69) is 53.1 Å². The maximum atomic E-state index is 11.5. The summed E-state index contributed by atoms with van der Waals surface area (Å²) in [6.45, 7) is 21.1. The zero-order chi connectivity index (χ0) is 19.0. The Bertz CT molecular complexity index is 614. The average Bonchev–Trinajstić information content (AvgIpc) is 3.25. The molecule has 0 aromatic heterocycles. The van der Waals surface area contributed by atoms with Crippen molar-refractivity contribution in [3.63, 3.8) is 0 Å². The van der Waals surface area contributed by atoms with Gasteiger partial charge < -0.3 is 9.53 Å². The topological polar surface area (TPSA) is 29.5 Å². The molecule has 1 fully saturated rings. The van der Waals surface area contributed by atoms with Gasteiger partial charge in [-0.15, -0.1) is 6.58 Å². The predicted molar refractivity (Wildman–Crippen MR) is 110 cm³/mol. The first-order valence-corrected chi connectivity index (χ1v) is 12.6. The quantitative estimate of drug-likeness (QED) is 0.429. The summed E-state index contributed by atoms with van der Waals surface area (Å²) in [4.78, 5) is 0. The molecule has 1 saturated carbocycles. The molecule has 2 rings (SSSR count). The highest BCUT2D eigenvalue weighted by atomic mass is 28.4. The summed E-state index contributed by atoms with van der Waals surface area (Å²) in [6.07, 6.45) is 7.98. The molecule has 0 unspecified atom stereocenters. The minimum atomic E-state index is -1.92. The summed E-state index contributed by atoms with van der Waals surface area (Å²) in [5, 5.41) is 11.5. The SMILES string of the molecule is C=CC[Si](C)(C)O[C@H]1C(C(=C)CCC=C(C)C)=C(C)C2(CC2)[C@@]1(C)O. The molecule has 2 aliphatic rings. The van der Waals surface area contributed by atoms with Gasteiger partial charge in [0.1, 0.15) is 5.60 Å². The van der Waals surface area contributed by atoms with E-state index in [9.17, 15) is 5.11 Å². The van der Waals surface area contributed by atoms with Crippen molar-refractivity contribution in [1.29, 1.82) is 0 Å². The maximum Gasteiger partial charge on any atom is 0.191 e. The molecule has 1 spiro atoms. The molecule has 0 aromatic carbocycles. The molecule has 2 nitrogen and oxygen atoms in total. The molecule has 0 radical (unpaired) electrons. The summed E-state index contributed by atoms with van der Waals surface area (Å²) in [7, 11) is -1.92. The number of rotatable bonds is 8. The summed E-state index contributed by atoms with van der Waals surface area (Å²) in [5.41, 5.74) is 4.04. The Kier molecular flexibility index (Phi) is 5.73. The van der Waals surface area contributed by atoms with Crippen LogP contribution in [-0.4, -0.2) is 25.1 Å². The third-order valence-corrected chi connectivity index (χ3v) is 8.21. The van der Waals surface area contributed by atoms with Crippen LogP contribution in [0.3, 0.4) is 0 Å². The van der Waals surface area contributed by atoms with Crippen LogP contribution in [0.4, 0.5) is 0 Å². The molecule has 0 heterocycles. The molecular formula is C22H36O2Si. The van der Waals surface area contributed by atoms with Crippen molar-refractivity contribution in [2.75, 3.05) is 0 Å². The van der Waals surface area contributed by atoms with Crippen LogP contribution in [0.2, 0.25) is 19.1 Å². The van der Waals surface area contributed by atoms with Crippen LogP contribution in [0.1, 0.15) is 53.4 Å². The van der Waals surface area contributed by atoms with E-state index in [4.69, 9.17) is 4.43 Å². The van der Waals surface area contributed by atoms with E-state index < -0.39 is 13.9 Å². The highest BCUT2D eigenvalue weighted by Crippen LogP contribution is 2.67. The second kappa shape index (κ2) is 7.01. The van der Waals surface area contributed by atoms with Crippen molar-refractivity contribution in [3.05, 3.63) is 47.6 Å². The van der Waals surface area contributed by atoms with Crippen LogP contribution in [0.5, 0.6) is 0 Å². The lowest BCUT2D eigenvalue weighted by molar-refractivity contribution is -0.0619. The molecule has 1 N–H and O–H groups in total. The number of allylic oxidation sites excluding steroid dienone is 3. The maximum absolute atomic E-state index is 11.5. The zero-order valence-corrected chi connectivity index (χ0v) is 18.0. The van der Waals surface area contributed by atoms with Crippen LogP contribution in [-0.2, 0) is 4.43 Å². The lowest BCUT2D eigenvalue weighted by Gasteiger charge is -2.38. The van der Waals surface area contributed by atoms with Gasteiger partial charge in [0.25, 0.3) is 0 Å². The van der Waals surface area contributed by atoms with Crippen LogP contribution in [0.15, 0.2) is 47.6 Å². The second-order valence-corrected chi connectivity index (χ2v) is 13.1. The molecule has 0 aromatic rings. The van der Waals surface area contributed by atoms with Gasteiger partial charge in [0.15, 0.2) is 8.32 Å². The fraction of sp³-hybridized carbons (Fsp3) is 0.636. The highest BCUT2D eigenvalue weighted by Gasteiger charge is 2.67. The van der Waals surface area contributed by atoms with Crippen LogP contribution in [0.25, 0.3) is 0 Å². The molecule has 2 atom stereocenters. The van der Waals surface area contributed by atoms with E-state index in [1.165, 1.54) is 16.7 Å². The molecule has 0 aliphatic heterocycles. The first kappa shape index (κ1) is 20.4. The van der Waals surface area contributed by atoms with Crippen molar-refractivity contribution < 1.29 is 9.53 Å².